The van der Waals surface area contributed by atoms with Gasteiger partial charge in [0, 0.05) is 5.41 Å². The third-order valence-corrected chi connectivity index (χ3v) is 9.69. The molecule has 2 atom stereocenters. The Morgan fingerprint density at radius 2 is 1.21 bits per heavy atom. The van der Waals surface area contributed by atoms with Crippen LogP contribution in [0.3, 0.4) is 0 Å². The van der Waals surface area contributed by atoms with Gasteiger partial charge in [0.25, 0.3) is 0 Å². The lowest BCUT2D eigenvalue weighted by Gasteiger charge is -2.20. The summed E-state index contributed by atoms with van der Waals surface area (Å²) < 4.78 is 0. The monoisotopic (exact) mass is 622 g/mol. The first kappa shape index (κ1) is 32.7. The summed E-state index contributed by atoms with van der Waals surface area (Å²) in [6, 6.07) is 50.2. The van der Waals surface area contributed by atoms with Gasteiger partial charge in [-0.1, -0.05) is 170 Å². The Hall–Kier alpha value is -5.20. The van der Waals surface area contributed by atoms with E-state index in [-0.39, 0.29) is 11.3 Å². The average Bonchev–Trinajstić information content (AvgIpc) is 3.90. The molecule has 0 saturated heterocycles. The van der Waals surface area contributed by atoms with Gasteiger partial charge in [-0.2, -0.15) is 0 Å². The molecule has 1 aliphatic rings. The summed E-state index contributed by atoms with van der Waals surface area (Å²) >= 11 is 0. The van der Waals surface area contributed by atoms with E-state index in [9.17, 15) is 0 Å². The first-order chi connectivity index (χ1) is 23.5. The van der Waals surface area contributed by atoms with Crippen molar-refractivity contribution in [3.05, 3.63) is 209 Å². The number of hydrogen-bond acceptors (Lipinski definition) is 0. The fraction of sp³-hybridized carbons (Fsp3) is 0.167. The van der Waals surface area contributed by atoms with Gasteiger partial charge in [0.1, 0.15) is 0 Å². The second kappa shape index (κ2) is 15.1. The molecule has 0 fully saturated rings. The van der Waals surface area contributed by atoms with Crippen LogP contribution in [0.15, 0.2) is 193 Å². The molecule has 0 heteroatoms. The summed E-state index contributed by atoms with van der Waals surface area (Å²) in [5, 5.41) is 0. The summed E-state index contributed by atoms with van der Waals surface area (Å²) in [7, 11) is 0. The van der Waals surface area contributed by atoms with E-state index in [2.05, 4.69) is 204 Å². The molecule has 0 saturated carbocycles. The van der Waals surface area contributed by atoms with Crippen molar-refractivity contribution in [1.82, 2.24) is 0 Å². The molecule has 5 aromatic rings. The Morgan fingerprint density at radius 1 is 0.667 bits per heavy atom. The van der Waals surface area contributed by atoms with Crippen molar-refractivity contribution >= 4 is 5.57 Å². The van der Waals surface area contributed by atoms with E-state index in [4.69, 9.17) is 0 Å². The number of benzene rings is 5. The molecule has 48 heavy (non-hydrogen) atoms. The van der Waals surface area contributed by atoms with Crippen LogP contribution in [-0.4, -0.2) is 0 Å². The van der Waals surface area contributed by atoms with Gasteiger partial charge in [0.15, 0.2) is 0 Å². The number of rotatable bonds is 12. The molecule has 0 heterocycles. The van der Waals surface area contributed by atoms with Crippen LogP contribution in [0.4, 0.5) is 0 Å². The van der Waals surface area contributed by atoms with Crippen LogP contribution < -0.4 is 0 Å². The maximum Gasteiger partial charge on any atom is 0.0379 e. The Morgan fingerprint density at radius 3 is 1.77 bits per heavy atom. The van der Waals surface area contributed by atoms with Crippen molar-refractivity contribution < 1.29 is 0 Å². The molecule has 0 aromatic heterocycles. The fourth-order valence-corrected chi connectivity index (χ4v) is 6.75. The molecule has 0 aliphatic heterocycles. The normalized spacial score (nSPS) is 17.3. The van der Waals surface area contributed by atoms with Gasteiger partial charge in [0.2, 0.25) is 0 Å². The average molecular weight is 623 g/mol. The highest BCUT2D eigenvalue weighted by Gasteiger charge is 2.44. The molecule has 1 aliphatic carbocycles. The largest absolute Gasteiger partial charge is 0.0916 e. The van der Waals surface area contributed by atoms with E-state index in [0.717, 1.165) is 12.8 Å². The van der Waals surface area contributed by atoms with Crippen LogP contribution in [0.5, 0.6) is 0 Å². The zero-order chi connectivity index (χ0) is 33.3. The van der Waals surface area contributed by atoms with Gasteiger partial charge in [-0.3, -0.25) is 0 Å². The Kier molecular flexibility index (Phi) is 10.3. The van der Waals surface area contributed by atoms with Crippen LogP contribution in [0.2, 0.25) is 0 Å². The molecule has 0 N–H and O–H groups in total. The fourth-order valence-electron chi connectivity index (χ4n) is 6.75. The summed E-state index contributed by atoms with van der Waals surface area (Å²) in [4.78, 5) is 0. The molecule has 0 amide bonds. The second-order valence-electron chi connectivity index (χ2n) is 13.1. The molecular weight excluding hydrogens is 577 g/mol. The van der Waals surface area contributed by atoms with Crippen LogP contribution >= 0.6 is 0 Å². The highest BCUT2D eigenvalue weighted by atomic mass is 14.5. The first-order valence-corrected chi connectivity index (χ1v) is 17.2. The molecule has 0 radical (unpaired) electrons. The van der Waals surface area contributed by atoms with Gasteiger partial charge in [-0.15, -0.1) is 0 Å². The van der Waals surface area contributed by atoms with Gasteiger partial charge in [-0.25, -0.2) is 0 Å². The lowest BCUT2D eigenvalue weighted by atomic mass is 9.83. The van der Waals surface area contributed by atoms with Crippen molar-refractivity contribution in [3.8, 4) is 22.3 Å². The van der Waals surface area contributed by atoms with Crippen molar-refractivity contribution in [1.29, 1.82) is 0 Å². The lowest BCUT2D eigenvalue weighted by Crippen LogP contribution is -2.08. The van der Waals surface area contributed by atoms with E-state index in [1.807, 2.05) is 0 Å². The molecular formula is C48H46. The van der Waals surface area contributed by atoms with Gasteiger partial charge >= 0.3 is 0 Å². The zero-order valence-corrected chi connectivity index (χ0v) is 28.7. The predicted octanol–water partition coefficient (Wildman–Crippen LogP) is 13.2. The van der Waals surface area contributed by atoms with E-state index in [0.29, 0.717) is 0 Å². The SMILES string of the molecule is C/C=C/CC1(/C(C)=C/Cc2ccccc2)C=C1/C(C)=C/C(=C\C(C)c1ccccc1)c1cc(-c2ccccc2)cc(-c2ccccc2)c1. The number of allylic oxidation sites excluding steroid dienone is 10. The maximum absolute atomic E-state index is 2.49. The minimum atomic E-state index is -0.0287. The smallest absolute Gasteiger partial charge is 0.0379 e. The minimum absolute atomic E-state index is 0.0287. The van der Waals surface area contributed by atoms with Gasteiger partial charge in [-0.05, 0) is 113 Å². The zero-order valence-electron chi connectivity index (χ0n) is 28.7. The highest BCUT2D eigenvalue weighted by molar-refractivity contribution is 5.84. The van der Waals surface area contributed by atoms with Crippen molar-refractivity contribution in [2.75, 3.05) is 0 Å². The summed E-state index contributed by atoms with van der Waals surface area (Å²) in [5.41, 5.74) is 14.2. The Balaban J connectivity index is 1.44. The quantitative estimate of drug-likeness (QED) is 0.0959. The minimum Gasteiger partial charge on any atom is -0.0916 e. The third kappa shape index (κ3) is 7.67. The molecule has 6 rings (SSSR count). The van der Waals surface area contributed by atoms with E-state index < -0.39 is 0 Å². The van der Waals surface area contributed by atoms with Crippen molar-refractivity contribution in [2.45, 2.75) is 46.5 Å². The van der Waals surface area contributed by atoms with Gasteiger partial charge < -0.3 is 0 Å². The van der Waals surface area contributed by atoms with Gasteiger partial charge in [0.05, 0.1) is 0 Å². The van der Waals surface area contributed by atoms with E-state index in [1.165, 1.54) is 61.2 Å². The molecule has 5 aromatic carbocycles. The van der Waals surface area contributed by atoms with Crippen molar-refractivity contribution in [3.63, 3.8) is 0 Å². The predicted molar refractivity (Wildman–Crippen MR) is 208 cm³/mol. The maximum atomic E-state index is 2.49. The van der Waals surface area contributed by atoms with Crippen LogP contribution in [0.25, 0.3) is 27.8 Å². The van der Waals surface area contributed by atoms with Crippen LogP contribution in [0.1, 0.15) is 56.7 Å². The van der Waals surface area contributed by atoms with E-state index >= 15 is 0 Å². The summed E-state index contributed by atoms with van der Waals surface area (Å²) in [6.45, 7) is 9.04. The second-order valence-corrected chi connectivity index (χ2v) is 13.1. The Labute approximate surface area is 288 Å². The topological polar surface area (TPSA) is 0 Å². The molecule has 0 nitrogen and oxygen atoms in total. The van der Waals surface area contributed by atoms with Crippen LogP contribution in [-0.2, 0) is 6.42 Å². The summed E-state index contributed by atoms with van der Waals surface area (Å²) in [6.07, 6.45) is 16.2. The molecule has 0 bridgehead atoms. The molecule has 238 valence electrons. The van der Waals surface area contributed by atoms with E-state index in [1.54, 1.807) is 0 Å². The highest BCUT2D eigenvalue weighted by Crippen LogP contribution is 2.57. The van der Waals surface area contributed by atoms with Crippen LogP contribution in [0, 0.1) is 5.41 Å². The third-order valence-electron chi connectivity index (χ3n) is 9.69. The molecule has 2 unspecified atom stereocenters. The lowest BCUT2D eigenvalue weighted by molar-refractivity contribution is 0.662. The Bertz CT molecular complexity index is 1910. The standard InChI is InChI=1S/C48H46/c1-5-6-29-48(38(4)27-28-39-19-11-7-12-20-39)35-47(48)37(3)31-43(30-36(2)40-21-13-8-14-22-40)46-33-44(41-23-15-9-16-24-41)32-45(34-46)42-25-17-10-18-26-42/h5-27,30-36H,28-29H2,1-4H3/b6-5+,37-31+,38-27+,43-30+. The number of hydrogen-bond donors (Lipinski definition) is 0. The summed E-state index contributed by atoms with van der Waals surface area (Å²) in [5.74, 6) is 0.249. The molecule has 0 spiro atoms. The first-order valence-electron chi connectivity index (χ1n) is 17.2. The van der Waals surface area contributed by atoms with Crippen molar-refractivity contribution in [2.24, 2.45) is 5.41 Å².